The van der Waals surface area contributed by atoms with Gasteiger partial charge in [-0.15, -0.1) is 0 Å². The van der Waals surface area contributed by atoms with E-state index in [2.05, 4.69) is 10.3 Å². The lowest BCUT2D eigenvalue weighted by Gasteiger charge is -2.29. The monoisotopic (exact) mass is 335 g/mol. The van der Waals surface area contributed by atoms with Crippen LogP contribution < -0.4 is 5.32 Å². The van der Waals surface area contributed by atoms with Crippen LogP contribution >= 0.6 is 0 Å². The molecule has 0 radical (unpaired) electrons. The molecule has 2 N–H and O–H groups in total. The van der Waals surface area contributed by atoms with E-state index in [0.29, 0.717) is 18.7 Å². The van der Waals surface area contributed by atoms with Crippen molar-refractivity contribution < 1.29 is 19.4 Å². The third kappa shape index (κ3) is 4.92. The van der Waals surface area contributed by atoms with Gasteiger partial charge >= 0.3 is 6.09 Å². The molecular formula is C17H25N3O4. The van der Waals surface area contributed by atoms with Crippen molar-refractivity contribution in [2.45, 2.75) is 51.4 Å². The maximum Gasteiger partial charge on any atom is 0.408 e. The van der Waals surface area contributed by atoms with Crippen molar-refractivity contribution >= 4 is 12.0 Å². The molecule has 24 heavy (non-hydrogen) atoms. The van der Waals surface area contributed by atoms with E-state index in [0.717, 1.165) is 12.8 Å². The maximum atomic E-state index is 12.7. The number of amides is 2. The Kier molecular flexibility index (Phi) is 5.77. The Bertz CT molecular complexity index is 565. The normalized spacial score (nSPS) is 17.2. The van der Waals surface area contributed by atoms with Gasteiger partial charge in [-0.2, -0.15) is 0 Å². The molecule has 0 saturated carbocycles. The van der Waals surface area contributed by atoms with Crippen molar-refractivity contribution in [1.82, 2.24) is 15.2 Å². The number of aromatic nitrogens is 1. The minimum absolute atomic E-state index is 0.303. The van der Waals surface area contributed by atoms with Crippen molar-refractivity contribution in [1.29, 1.82) is 0 Å². The number of aliphatic hydroxyl groups excluding tert-OH is 1. The van der Waals surface area contributed by atoms with Crippen LogP contribution in [-0.2, 0) is 9.53 Å². The van der Waals surface area contributed by atoms with Crippen molar-refractivity contribution in [3.63, 3.8) is 0 Å². The highest BCUT2D eigenvalue weighted by Gasteiger charge is 2.35. The number of likely N-dealkylation sites (tertiary alicyclic amines) is 1. The Balaban J connectivity index is 2.17. The summed E-state index contributed by atoms with van der Waals surface area (Å²) in [6.45, 7) is 6.48. The zero-order valence-electron chi connectivity index (χ0n) is 14.4. The highest BCUT2D eigenvalue weighted by molar-refractivity contribution is 5.86. The van der Waals surface area contributed by atoms with Crippen LogP contribution in [0.1, 0.15) is 45.3 Å². The van der Waals surface area contributed by atoms with Crippen LogP contribution in [0.5, 0.6) is 0 Å². The Morgan fingerprint density at radius 3 is 2.38 bits per heavy atom. The largest absolute Gasteiger partial charge is 0.444 e. The van der Waals surface area contributed by atoms with Crippen molar-refractivity contribution in [2.24, 2.45) is 0 Å². The summed E-state index contributed by atoms with van der Waals surface area (Å²) >= 11 is 0. The van der Waals surface area contributed by atoms with E-state index in [9.17, 15) is 14.7 Å². The SMILES string of the molecule is CC(C)(C)OC(=O)NC(C(=O)N1CCCC1)C(O)c1ccncc1. The van der Waals surface area contributed by atoms with Crippen LogP contribution in [0.4, 0.5) is 4.79 Å². The van der Waals surface area contributed by atoms with E-state index in [-0.39, 0.29) is 5.91 Å². The van der Waals surface area contributed by atoms with Crippen LogP contribution in [0, 0.1) is 0 Å². The van der Waals surface area contributed by atoms with E-state index in [1.165, 1.54) is 12.4 Å². The number of ether oxygens (including phenoxy) is 1. The zero-order valence-corrected chi connectivity index (χ0v) is 14.4. The molecule has 7 heteroatoms. The molecule has 2 rings (SSSR count). The van der Waals surface area contributed by atoms with E-state index >= 15 is 0 Å². The Hall–Kier alpha value is -2.15. The quantitative estimate of drug-likeness (QED) is 0.872. The number of nitrogens with one attached hydrogen (secondary N) is 1. The minimum Gasteiger partial charge on any atom is -0.444 e. The van der Waals surface area contributed by atoms with Crippen LogP contribution in [-0.4, -0.2) is 51.7 Å². The number of carbonyl (C=O) groups excluding carboxylic acids is 2. The number of hydrogen-bond donors (Lipinski definition) is 2. The predicted molar refractivity (Wildman–Crippen MR) is 88.2 cm³/mol. The second-order valence-corrected chi connectivity index (χ2v) is 6.88. The average molecular weight is 335 g/mol. The van der Waals surface area contributed by atoms with Gasteiger partial charge in [-0.05, 0) is 51.3 Å². The summed E-state index contributed by atoms with van der Waals surface area (Å²) in [4.78, 5) is 30.4. The van der Waals surface area contributed by atoms with Gasteiger partial charge in [0.2, 0.25) is 5.91 Å². The van der Waals surface area contributed by atoms with Gasteiger partial charge in [0.25, 0.3) is 0 Å². The van der Waals surface area contributed by atoms with E-state index < -0.39 is 23.8 Å². The van der Waals surface area contributed by atoms with E-state index in [1.54, 1.807) is 37.8 Å². The Morgan fingerprint density at radius 2 is 1.83 bits per heavy atom. The fourth-order valence-corrected chi connectivity index (χ4v) is 2.60. The smallest absolute Gasteiger partial charge is 0.408 e. The van der Waals surface area contributed by atoms with Gasteiger partial charge in [-0.3, -0.25) is 9.78 Å². The van der Waals surface area contributed by atoms with Gasteiger partial charge in [-0.25, -0.2) is 4.79 Å². The number of pyridine rings is 1. The molecule has 2 amide bonds. The molecule has 1 aliphatic heterocycles. The van der Waals surface area contributed by atoms with Gasteiger partial charge in [0, 0.05) is 25.5 Å². The van der Waals surface area contributed by atoms with Crippen molar-refractivity contribution in [2.75, 3.05) is 13.1 Å². The zero-order chi connectivity index (χ0) is 17.7. The molecule has 2 atom stereocenters. The average Bonchev–Trinajstić information content (AvgIpc) is 3.05. The molecule has 7 nitrogen and oxygen atoms in total. The van der Waals surface area contributed by atoms with Crippen LogP contribution in [0.15, 0.2) is 24.5 Å². The summed E-state index contributed by atoms with van der Waals surface area (Å²) < 4.78 is 5.22. The first-order valence-corrected chi connectivity index (χ1v) is 8.14. The maximum absolute atomic E-state index is 12.7. The fraction of sp³-hybridized carbons (Fsp3) is 0.588. The molecule has 0 aliphatic carbocycles. The number of alkyl carbamates (subject to hydrolysis) is 1. The first-order chi connectivity index (χ1) is 11.3. The topological polar surface area (TPSA) is 91.8 Å². The minimum atomic E-state index is -1.17. The summed E-state index contributed by atoms with van der Waals surface area (Å²) in [5.41, 5.74) is -0.175. The number of hydrogen-bond acceptors (Lipinski definition) is 5. The van der Waals surface area contributed by atoms with Gasteiger partial charge in [0.15, 0.2) is 0 Å². The van der Waals surface area contributed by atoms with Crippen molar-refractivity contribution in [3.8, 4) is 0 Å². The summed E-state index contributed by atoms with van der Waals surface area (Å²) in [6.07, 6.45) is 3.01. The second-order valence-electron chi connectivity index (χ2n) is 6.88. The highest BCUT2D eigenvalue weighted by atomic mass is 16.6. The van der Waals surface area contributed by atoms with Gasteiger partial charge < -0.3 is 20.1 Å². The van der Waals surface area contributed by atoms with Gasteiger partial charge in [0.1, 0.15) is 17.7 Å². The second kappa shape index (κ2) is 7.61. The van der Waals surface area contributed by atoms with Gasteiger partial charge in [0.05, 0.1) is 0 Å². The molecule has 0 aromatic carbocycles. The molecule has 2 unspecified atom stereocenters. The lowest BCUT2D eigenvalue weighted by Crippen LogP contribution is -2.52. The highest BCUT2D eigenvalue weighted by Crippen LogP contribution is 2.20. The molecule has 2 heterocycles. The number of rotatable bonds is 4. The van der Waals surface area contributed by atoms with E-state index in [4.69, 9.17) is 4.74 Å². The summed E-state index contributed by atoms with van der Waals surface area (Å²) in [6, 6.07) is 2.14. The fourth-order valence-electron chi connectivity index (χ4n) is 2.60. The molecule has 1 saturated heterocycles. The molecule has 0 spiro atoms. The molecule has 0 bridgehead atoms. The van der Waals surface area contributed by atoms with Crippen LogP contribution in [0.2, 0.25) is 0 Å². The standard InChI is InChI=1S/C17H25N3O4/c1-17(2,3)24-16(23)19-13(15(22)20-10-4-5-11-20)14(21)12-6-8-18-9-7-12/h6-9,13-14,21H,4-5,10-11H2,1-3H3,(H,19,23). The first kappa shape index (κ1) is 18.2. The lowest BCUT2D eigenvalue weighted by molar-refractivity contribution is -0.135. The number of carbonyl (C=O) groups is 2. The molecule has 1 aliphatic rings. The molecular weight excluding hydrogens is 310 g/mol. The third-order valence-electron chi connectivity index (χ3n) is 3.72. The summed E-state index contributed by atoms with van der Waals surface area (Å²) in [5.74, 6) is -0.303. The molecule has 1 aromatic rings. The summed E-state index contributed by atoms with van der Waals surface area (Å²) in [7, 11) is 0. The lowest BCUT2D eigenvalue weighted by atomic mass is 10.0. The molecule has 1 fully saturated rings. The first-order valence-electron chi connectivity index (χ1n) is 8.14. The van der Waals surface area contributed by atoms with Crippen LogP contribution in [0.25, 0.3) is 0 Å². The molecule has 132 valence electrons. The Morgan fingerprint density at radius 1 is 1.25 bits per heavy atom. The molecule has 1 aromatic heterocycles. The predicted octanol–water partition coefficient (Wildman–Crippen LogP) is 1.63. The summed E-state index contributed by atoms with van der Waals surface area (Å²) in [5, 5.41) is 13.1. The number of nitrogens with zero attached hydrogens (tertiary/aromatic N) is 2. The Labute approximate surface area is 142 Å². The van der Waals surface area contributed by atoms with Gasteiger partial charge in [-0.1, -0.05) is 0 Å². The van der Waals surface area contributed by atoms with Crippen molar-refractivity contribution in [3.05, 3.63) is 30.1 Å². The van der Waals surface area contributed by atoms with Crippen LogP contribution in [0.3, 0.4) is 0 Å². The van der Waals surface area contributed by atoms with E-state index in [1.807, 2.05) is 0 Å². The number of aliphatic hydroxyl groups is 1. The third-order valence-corrected chi connectivity index (χ3v) is 3.72.